The summed E-state index contributed by atoms with van der Waals surface area (Å²) in [5.74, 6) is -0.895. The van der Waals surface area contributed by atoms with Crippen LogP contribution in [0.15, 0.2) is 42.1 Å². The molecule has 9 nitrogen and oxygen atoms in total. The van der Waals surface area contributed by atoms with Crippen molar-refractivity contribution in [1.29, 1.82) is 5.41 Å². The van der Waals surface area contributed by atoms with Gasteiger partial charge in [0.15, 0.2) is 0 Å². The number of benzene rings is 1. The van der Waals surface area contributed by atoms with Gasteiger partial charge in [-0.2, -0.15) is 0 Å². The largest absolute Gasteiger partial charge is 0.481 e. The maximum absolute atomic E-state index is 13.0. The maximum atomic E-state index is 13.0. The highest BCUT2D eigenvalue weighted by Crippen LogP contribution is 2.26. The summed E-state index contributed by atoms with van der Waals surface area (Å²) >= 11 is 12.1. The number of nitrogens with zero attached hydrogens (tertiary/aromatic N) is 1. The minimum absolute atomic E-state index is 0.0999. The number of aromatic nitrogens is 1. The number of anilines is 1. The zero-order valence-electron chi connectivity index (χ0n) is 19.6. The van der Waals surface area contributed by atoms with Crippen LogP contribution < -0.4 is 16.0 Å². The highest BCUT2D eigenvalue weighted by molar-refractivity contribution is 6.34. The number of carbonyl (C=O) groups excluding carboxylic acids is 1. The van der Waals surface area contributed by atoms with Gasteiger partial charge in [-0.1, -0.05) is 29.3 Å². The summed E-state index contributed by atoms with van der Waals surface area (Å²) in [5, 5.41) is 36.3. The molecular formula is C25H29Cl2N5O4. The fourth-order valence-electron chi connectivity index (χ4n) is 3.87. The van der Waals surface area contributed by atoms with E-state index in [1.165, 1.54) is 30.0 Å². The van der Waals surface area contributed by atoms with Crippen molar-refractivity contribution >= 4 is 46.6 Å². The Bertz CT molecular complexity index is 1140. The number of amides is 1. The number of carboxylic acid groups (broad SMARTS) is 1. The Balaban J connectivity index is 1.63. The third kappa shape index (κ3) is 7.94. The molecule has 0 bridgehead atoms. The van der Waals surface area contributed by atoms with E-state index in [0.717, 1.165) is 43.7 Å². The van der Waals surface area contributed by atoms with Gasteiger partial charge in [0, 0.05) is 35.0 Å². The van der Waals surface area contributed by atoms with E-state index in [9.17, 15) is 19.8 Å². The predicted molar refractivity (Wildman–Crippen MR) is 140 cm³/mol. The number of pyridine rings is 1. The second-order valence-electron chi connectivity index (χ2n) is 8.42. The third-order valence-electron chi connectivity index (χ3n) is 5.65. The molecule has 0 saturated carbocycles. The fraction of sp³-hybridized carbons (Fsp3) is 0.360. The highest BCUT2D eigenvalue weighted by Gasteiger charge is 2.23. The van der Waals surface area contributed by atoms with Crippen LogP contribution in [0.2, 0.25) is 10.0 Å². The van der Waals surface area contributed by atoms with E-state index in [0.29, 0.717) is 22.2 Å². The van der Waals surface area contributed by atoms with Crippen molar-refractivity contribution in [3.8, 4) is 0 Å². The molecule has 1 atom stereocenters. The van der Waals surface area contributed by atoms with Crippen LogP contribution >= 0.6 is 23.2 Å². The summed E-state index contributed by atoms with van der Waals surface area (Å²) in [6.45, 7) is 0.777. The molecule has 192 valence electrons. The topological polar surface area (TPSA) is 147 Å². The fourth-order valence-corrected chi connectivity index (χ4v) is 4.41. The second-order valence-corrected chi connectivity index (χ2v) is 9.29. The summed E-state index contributed by atoms with van der Waals surface area (Å²) in [7, 11) is 0. The summed E-state index contributed by atoms with van der Waals surface area (Å²) in [6, 6.07) is 7.72. The average molecular weight is 534 g/mol. The first kappa shape index (κ1) is 27.4. The lowest BCUT2D eigenvalue weighted by Crippen LogP contribution is -2.34. The normalized spacial score (nSPS) is 13.8. The minimum Gasteiger partial charge on any atom is -0.481 e. The number of hydrogen-bond acceptors (Lipinski definition) is 7. The number of halogens is 2. The summed E-state index contributed by atoms with van der Waals surface area (Å²) in [4.78, 5) is 29.0. The van der Waals surface area contributed by atoms with Crippen LogP contribution in [-0.2, 0) is 22.4 Å². The van der Waals surface area contributed by atoms with Gasteiger partial charge in [-0.25, -0.2) is 4.98 Å². The van der Waals surface area contributed by atoms with Crippen LogP contribution in [0.4, 0.5) is 5.82 Å². The van der Waals surface area contributed by atoms with Crippen molar-refractivity contribution in [2.24, 2.45) is 0 Å². The van der Waals surface area contributed by atoms with E-state index >= 15 is 0 Å². The molecule has 36 heavy (non-hydrogen) atoms. The van der Waals surface area contributed by atoms with Gasteiger partial charge in [-0.3, -0.25) is 9.59 Å². The molecule has 1 unspecified atom stereocenters. The minimum atomic E-state index is -1.14. The molecule has 1 amide bonds. The molecule has 1 aromatic heterocycles. The van der Waals surface area contributed by atoms with Crippen LogP contribution in [0.5, 0.6) is 0 Å². The highest BCUT2D eigenvalue weighted by atomic mass is 35.5. The molecule has 1 aromatic carbocycles. The number of carbonyl (C=O) groups is 2. The maximum Gasteiger partial charge on any atom is 0.305 e. The third-order valence-corrected chi connectivity index (χ3v) is 6.09. The first-order valence-corrected chi connectivity index (χ1v) is 12.4. The number of fused-ring (bicyclic) bond motifs is 1. The number of aliphatic hydroxyl groups excluding tert-OH is 1. The number of aryl methyl sites for hydroxylation is 2. The standard InChI is InChI=1S/C25H29Cl2N5O4/c26-17-9-16(10-18(27)11-17)22(12-23(34)35)32-25(36)20(21(28)14-33)13-29-7-2-4-19-6-5-15-3-1-8-30-24(15)31-19/h5-6,9-11,13,22,28-29,33H,1-4,7-8,12,14H2,(H,30,31)(H,32,36)(H,34,35)/b20-13+,28-21?. The van der Waals surface area contributed by atoms with Crippen LogP contribution in [0, 0.1) is 5.41 Å². The number of nitrogens with one attached hydrogen (secondary N) is 4. The molecule has 2 heterocycles. The molecule has 0 spiro atoms. The summed E-state index contributed by atoms with van der Waals surface area (Å²) in [6.07, 6.45) is 4.53. The van der Waals surface area contributed by atoms with Gasteiger partial charge >= 0.3 is 5.97 Å². The number of aliphatic hydroxyl groups is 1. The first-order chi connectivity index (χ1) is 17.3. The van der Waals surface area contributed by atoms with E-state index < -0.39 is 30.9 Å². The Hall–Kier alpha value is -3.14. The zero-order chi connectivity index (χ0) is 26.1. The average Bonchev–Trinajstić information content (AvgIpc) is 2.84. The van der Waals surface area contributed by atoms with E-state index in [2.05, 4.69) is 27.0 Å². The van der Waals surface area contributed by atoms with E-state index in [1.54, 1.807) is 0 Å². The van der Waals surface area contributed by atoms with Crippen LogP contribution in [0.3, 0.4) is 0 Å². The molecule has 0 saturated heterocycles. The van der Waals surface area contributed by atoms with Crippen molar-refractivity contribution in [3.63, 3.8) is 0 Å². The van der Waals surface area contributed by atoms with Gasteiger partial charge in [-0.05, 0) is 61.1 Å². The second kappa shape index (κ2) is 13.2. The Morgan fingerprint density at radius 3 is 2.67 bits per heavy atom. The van der Waals surface area contributed by atoms with Crippen molar-refractivity contribution in [3.05, 3.63) is 69.0 Å². The van der Waals surface area contributed by atoms with Gasteiger partial charge in [0.1, 0.15) is 5.82 Å². The molecular weight excluding hydrogens is 505 g/mol. The van der Waals surface area contributed by atoms with Crippen molar-refractivity contribution in [2.45, 2.75) is 38.1 Å². The summed E-state index contributed by atoms with van der Waals surface area (Å²) in [5.41, 5.74) is 2.20. The Morgan fingerprint density at radius 1 is 1.22 bits per heavy atom. The Morgan fingerprint density at radius 2 is 1.97 bits per heavy atom. The van der Waals surface area contributed by atoms with Crippen LogP contribution in [0.25, 0.3) is 0 Å². The molecule has 1 aliphatic rings. The quantitative estimate of drug-likeness (QED) is 0.139. The van der Waals surface area contributed by atoms with Gasteiger partial charge in [0.2, 0.25) is 0 Å². The zero-order valence-corrected chi connectivity index (χ0v) is 21.1. The van der Waals surface area contributed by atoms with E-state index in [-0.39, 0.29) is 11.3 Å². The molecule has 11 heteroatoms. The molecule has 6 N–H and O–H groups in total. The monoisotopic (exact) mass is 533 g/mol. The van der Waals surface area contributed by atoms with Gasteiger partial charge in [0.05, 0.1) is 30.4 Å². The van der Waals surface area contributed by atoms with Gasteiger partial charge < -0.3 is 31.6 Å². The number of hydrogen-bond donors (Lipinski definition) is 6. The lowest BCUT2D eigenvalue weighted by Gasteiger charge is -2.19. The SMILES string of the molecule is N=C(CO)/C(=C\NCCCc1ccc2c(n1)NCCC2)C(=O)NC(CC(=O)O)c1cc(Cl)cc(Cl)c1. The molecule has 0 radical (unpaired) electrons. The number of rotatable bonds is 12. The van der Waals surface area contributed by atoms with E-state index in [1.807, 2.05) is 6.07 Å². The Kier molecular flexibility index (Phi) is 10.1. The van der Waals surface area contributed by atoms with Crippen LogP contribution in [0.1, 0.15) is 42.1 Å². The van der Waals surface area contributed by atoms with Crippen molar-refractivity contribution in [2.75, 3.05) is 25.0 Å². The molecule has 0 fully saturated rings. The molecule has 0 aliphatic carbocycles. The molecule has 2 aromatic rings. The number of aliphatic carboxylic acids is 1. The number of carboxylic acids is 1. The predicted octanol–water partition coefficient (Wildman–Crippen LogP) is 3.50. The van der Waals surface area contributed by atoms with Crippen LogP contribution in [-0.4, -0.2) is 52.5 Å². The molecule has 1 aliphatic heterocycles. The van der Waals surface area contributed by atoms with Crippen molar-refractivity contribution < 1.29 is 19.8 Å². The van der Waals surface area contributed by atoms with Crippen molar-refractivity contribution in [1.82, 2.24) is 15.6 Å². The van der Waals surface area contributed by atoms with E-state index in [4.69, 9.17) is 28.6 Å². The summed E-state index contributed by atoms with van der Waals surface area (Å²) < 4.78 is 0. The lowest BCUT2D eigenvalue weighted by molar-refractivity contribution is -0.137. The van der Waals surface area contributed by atoms with Gasteiger partial charge in [0.25, 0.3) is 5.91 Å². The Labute approximate surface area is 219 Å². The van der Waals surface area contributed by atoms with Gasteiger partial charge in [-0.15, -0.1) is 0 Å². The smallest absolute Gasteiger partial charge is 0.305 e. The molecule has 3 rings (SSSR count). The lowest BCUT2D eigenvalue weighted by atomic mass is 10.0. The first-order valence-electron chi connectivity index (χ1n) is 11.6.